The lowest BCUT2D eigenvalue weighted by atomic mass is 10.1. The van der Waals surface area contributed by atoms with E-state index >= 15 is 0 Å². The third-order valence-electron chi connectivity index (χ3n) is 3.42. The largest absolute Gasteiger partial charge is 0.303 e. The summed E-state index contributed by atoms with van der Waals surface area (Å²) in [5.41, 5.74) is 0. The van der Waals surface area contributed by atoms with Crippen LogP contribution in [0.25, 0.3) is 0 Å². The fourth-order valence-corrected chi connectivity index (χ4v) is 2.01. The molecule has 1 unspecified atom stereocenters. The van der Waals surface area contributed by atoms with Crippen molar-refractivity contribution in [2.24, 2.45) is 5.92 Å². The molecule has 0 bridgehead atoms. The van der Waals surface area contributed by atoms with E-state index in [-0.39, 0.29) is 0 Å². The van der Waals surface area contributed by atoms with Gasteiger partial charge in [0.15, 0.2) is 0 Å². The van der Waals surface area contributed by atoms with Gasteiger partial charge in [0.25, 0.3) is 0 Å². The van der Waals surface area contributed by atoms with Gasteiger partial charge in [0.1, 0.15) is 0 Å². The van der Waals surface area contributed by atoms with Crippen LogP contribution in [0, 0.1) is 5.92 Å². The molecule has 1 nitrogen and oxygen atoms in total. The van der Waals surface area contributed by atoms with Crippen molar-refractivity contribution in [1.82, 2.24) is 4.90 Å². The molecule has 0 saturated carbocycles. The Balaban J connectivity index is 3.71. The van der Waals surface area contributed by atoms with Crippen LogP contribution in [0.3, 0.4) is 0 Å². The minimum Gasteiger partial charge on any atom is -0.303 e. The van der Waals surface area contributed by atoms with E-state index in [9.17, 15) is 0 Å². The topological polar surface area (TPSA) is 3.24 Å². The molecule has 0 aromatic carbocycles. The van der Waals surface area contributed by atoms with Crippen LogP contribution in [0.5, 0.6) is 0 Å². The molecule has 0 fully saturated rings. The summed E-state index contributed by atoms with van der Waals surface area (Å²) in [6.07, 6.45) is 9.58. The Morgan fingerprint density at radius 1 is 0.812 bits per heavy atom. The van der Waals surface area contributed by atoms with Crippen molar-refractivity contribution in [3.63, 3.8) is 0 Å². The maximum Gasteiger partial charge on any atom is 0.000692 e. The second-order valence-electron chi connectivity index (χ2n) is 5.23. The summed E-state index contributed by atoms with van der Waals surface area (Å²) < 4.78 is 0. The number of nitrogens with zero attached hydrogens (tertiary/aromatic N) is 1. The number of rotatable bonds is 11. The van der Waals surface area contributed by atoms with Gasteiger partial charge in [0.2, 0.25) is 0 Å². The summed E-state index contributed by atoms with van der Waals surface area (Å²) in [6.45, 7) is 13.2. The van der Waals surface area contributed by atoms with Gasteiger partial charge >= 0.3 is 0 Å². The van der Waals surface area contributed by atoms with Crippen molar-refractivity contribution in [3.05, 3.63) is 0 Å². The second kappa shape index (κ2) is 11.4. The van der Waals surface area contributed by atoms with Gasteiger partial charge < -0.3 is 4.90 Å². The molecule has 0 amide bonds. The second-order valence-corrected chi connectivity index (χ2v) is 5.23. The minimum absolute atomic E-state index is 0.864. The Labute approximate surface area is 104 Å². The van der Waals surface area contributed by atoms with Gasteiger partial charge in [-0.25, -0.2) is 0 Å². The summed E-state index contributed by atoms with van der Waals surface area (Å²) in [5, 5.41) is 0. The number of hydrogen-bond acceptors (Lipinski definition) is 1. The van der Waals surface area contributed by atoms with Crippen LogP contribution in [0.2, 0.25) is 0 Å². The Hall–Kier alpha value is -0.0400. The van der Waals surface area contributed by atoms with E-state index in [1.54, 1.807) is 0 Å². The minimum atomic E-state index is 0.864. The monoisotopic (exact) mass is 227 g/mol. The molecule has 98 valence electrons. The quantitative estimate of drug-likeness (QED) is 0.462. The average molecular weight is 227 g/mol. The Kier molecular flexibility index (Phi) is 11.4. The molecule has 0 aromatic rings. The van der Waals surface area contributed by atoms with Gasteiger partial charge in [0, 0.05) is 6.54 Å². The zero-order valence-corrected chi connectivity index (χ0v) is 12.1. The lowest BCUT2D eigenvalue weighted by Gasteiger charge is -2.25. The summed E-state index contributed by atoms with van der Waals surface area (Å²) >= 11 is 0. The summed E-state index contributed by atoms with van der Waals surface area (Å²) in [7, 11) is 0. The van der Waals surface area contributed by atoms with Crippen molar-refractivity contribution in [2.75, 3.05) is 19.6 Å². The molecule has 1 heteroatoms. The first-order valence-electron chi connectivity index (χ1n) is 7.46. The molecule has 16 heavy (non-hydrogen) atoms. The zero-order valence-electron chi connectivity index (χ0n) is 12.1. The van der Waals surface area contributed by atoms with E-state index in [0.29, 0.717) is 0 Å². The predicted molar refractivity (Wildman–Crippen MR) is 74.9 cm³/mol. The Morgan fingerprint density at radius 2 is 1.44 bits per heavy atom. The van der Waals surface area contributed by atoms with Crippen LogP contribution < -0.4 is 0 Å². The molecule has 0 radical (unpaired) electrons. The normalized spacial score (nSPS) is 13.3. The van der Waals surface area contributed by atoms with Gasteiger partial charge in [-0.3, -0.25) is 0 Å². The van der Waals surface area contributed by atoms with Crippen LogP contribution in [0.1, 0.15) is 72.6 Å². The summed E-state index contributed by atoms with van der Waals surface area (Å²) in [6, 6.07) is 0. The number of hydrogen-bond donors (Lipinski definition) is 0. The van der Waals surface area contributed by atoms with E-state index in [4.69, 9.17) is 0 Å². The first kappa shape index (κ1) is 16.0. The highest BCUT2D eigenvalue weighted by Gasteiger charge is 2.07. The van der Waals surface area contributed by atoms with Crippen molar-refractivity contribution in [3.8, 4) is 0 Å². The van der Waals surface area contributed by atoms with Gasteiger partial charge in [0.05, 0.1) is 0 Å². The molecule has 0 aliphatic carbocycles. The fraction of sp³-hybridized carbons (Fsp3) is 1.00. The van der Waals surface area contributed by atoms with Gasteiger partial charge in [-0.15, -0.1) is 0 Å². The summed E-state index contributed by atoms with van der Waals surface area (Å²) in [5.74, 6) is 0.864. The van der Waals surface area contributed by atoms with Gasteiger partial charge in [-0.05, 0) is 31.8 Å². The Morgan fingerprint density at radius 3 is 2.00 bits per heavy atom. The lowest BCUT2D eigenvalue weighted by molar-refractivity contribution is 0.226. The molecule has 0 aliphatic heterocycles. The molecular weight excluding hydrogens is 194 g/mol. The third kappa shape index (κ3) is 9.21. The molecule has 0 heterocycles. The van der Waals surface area contributed by atoms with Gasteiger partial charge in [-0.1, -0.05) is 59.8 Å². The highest BCUT2D eigenvalue weighted by molar-refractivity contribution is 4.62. The first-order valence-corrected chi connectivity index (χ1v) is 7.46. The third-order valence-corrected chi connectivity index (χ3v) is 3.42. The number of unbranched alkanes of at least 4 members (excludes halogenated alkanes) is 4. The van der Waals surface area contributed by atoms with Crippen molar-refractivity contribution < 1.29 is 0 Å². The van der Waals surface area contributed by atoms with E-state index in [1.165, 1.54) is 64.6 Å². The summed E-state index contributed by atoms with van der Waals surface area (Å²) in [4.78, 5) is 2.69. The molecule has 1 atom stereocenters. The molecule has 0 aliphatic rings. The zero-order chi connectivity index (χ0) is 12.2. The SMILES string of the molecule is CCCCCCN(CCCC)CC(C)CC. The van der Waals surface area contributed by atoms with Crippen molar-refractivity contribution in [1.29, 1.82) is 0 Å². The fourth-order valence-electron chi connectivity index (χ4n) is 2.01. The van der Waals surface area contributed by atoms with E-state index in [0.717, 1.165) is 5.92 Å². The maximum atomic E-state index is 2.69. The van der Waals surface area contributed by atoms with Crippen LogP contribution in [0.4, 0.5) is 0 Å². The molecule has 0 spiro atoms. The molecule has 0 N–H and O–H groups in total. The van der Waals surface area contributed by atoms with Crippen molar-refractivity contribution in [2.45, 2.75) is 72.6 Å². The predicted octanol–water partition coefficient (Wildman–Crippen LogP) is 4.71. The standard InChI is InChI=1S/C15H33N/c1-5-8-10-11-13-16(12-9-6-2)14-15(4)7-3/h15H,5-14H2,1-4H3. The molecule has 0 aromatic heterocycles. The molecular formula is C15H33N. The van der Waals surface area contributed by atoms with Crippen LogP contribution in [-0.4, -0.2) is 24.5 Å². The van der Waals surface area contributed by atoms with E-state index < -0.39 is 0 Å². The average Bonchev–Trinajstić information content (AvgIpc) is 2.30. The molecule has 0 rings (SSSR count). The lowest BCUT2D eigenvalue weighted by Crippen LogP contribution is -2.30. The maximum absolute atomic E-state index is 2.69. The highest BCUT2D eigenvalue weighted by atomic mass is 15.1. The van der Waals surface area contributed by atoms with Crippen LogP contribution >= 0.6 is 0 Å². The van der Waals surface area contributed by atoms with E-state index in [1.807, 2.05) is 0 Å². The van der Waals surface area contributed by atoms with Crippen LogP contribution in [-0.2, 0) is 0 Å². The highest BCUT2D eigenvalue weighted by Crippen LogP contribution is 2.08. The van der Waals surface area contributed by atoms with Crippen LogP contribution in [0.15, 0.2) is 0 Å². The van der Waals surface area contributed by atoms with Gasteiger partial charge in [-0.2, -0.15) is 0 Å². The van der Waals surface area contributed by atoms with Crippen molar-refractivity contribution >= 4 is 0 Å². The smallest absolute Gasteiger partial charge is 0.000692 e. The Bertz CT molecular complexity index is 133. The molecule has 0 saturated heterocycles. The van der Waals surface area contributed by atoms with E-state index in [2.05, 4.69) is 32.6 Å². The first-order chi connectivity index (χ1) is 7.74.